The highest BCUT2D eigenvalue weighted by molar-refractivity contribution is 6.12. The Bertz CT molecular complexity index is 808. The number of carbonyl (C=O) groups is 1. The van der Waals surface area contributed by atoms with E-state index in [2.05, 4.69) is 6.07 Å². The van der Waals surface area contributed by atoms with Crippen LogP contribution in [0.1, 0.15) is 54.1 Å². The lowest BCUT2D eigenvalue weighted by atomic mass is 9.97. The topological polar surface area (TPSA) is 90.5 Å². The second-order valence-electron chi connectivity index (χ2n) is 6.00. The number of hydrogen-bond donors (Lipinski definition) is 2. The number of para-hydroxylation sites is 1. The van der Waals surface area contributed by atoms with Gasteiger partial charge in [-0.2, -0.15) is 5.26 Å². The van der Waals surface area contributed by atoms with Gasteiger partial charge in [0.15, 0.2) is 5.78 Å². The van der Waals surface area contributed by atoms with E-state index in [1.54, 1.807) is 18.2 Å². The van der Waals surface area contributed by atoms with Crippen LogP contribution < -0.4 is 4.74 Å². The molecule has 5 heteroatoms. The second kappa shape index (κ2) is 9.47. The molecule has 0 spiro atoms. The summed E-state index contributed by atoms with van der Waals surface area (Å²) in [5.74, 6) is -0.102. The third kappa shape index (κ3) is 4.54. The molecule has 0 bridgehead atoms. The van der Waals surface area contributed by atoms with Gasteiger partial charge in [-0.05, 0) is 43.5 Å². The number of phenolic OH excluding ortho intramolecular Hbond substituents is 2. The zero-order chi connectivity index (χ0) is 18.9. The van der Waals surface area contributed by atoms with Crippen LogP contribution >= 0.6 is 0 Å². The largest absolute Gasteiger partial charge is 0.507 e. The van der Waals surface area contributed by atoms with Crippen LogP contribution in [0.5, 0.6) is 17.2 Å². The van der Waals surface area contributed by atoms with E-state index in [0.29, 0.717) is 30.8 Å². The van der Waals surface area contributed by atoms with Crippen molar-refractivity contribution in [1.82, 2.24) is 0 Å². The van der Waals surface area contributed by atoms with Gasteiger partial charge < -0.3 is 14.9 Å². The average molecular weight is 353 g/mol. The first-order valence-electron chi connectivity index (χ1n) is 8.77. The van der Waals surface area contributed by atoms with Crippen molar-refractivity contribution in [3.8, 4) is 23.3 Å². The Kier molecular flexibility index (Phi) is 7.04. The van der Waals surface area contributed by atoms with Gasteiger partial charge in [-0.15, -0.1) is 0 Å². The molecule has 2 rings (SSSR count). The van der Waals surface area contributed by atoms with Crippen LogP contribution in [0, 0.1) is 11.3 Å². The summed E-state index contributed by atoms with van der Waals surface area (Å²) in [6, 6.07) is 11.6. The lowest BCUT2D eigenvalue weighted by molar-refractivity contribution is 0.103. The van der Waals surface area contributed by atoms with E-state index in [-0.39, 0.29) is 22.6 Å². The number of ketones is 1. The van der Waals surface area contributed by atoms with Crippen molar-refractivity contribution in [2.75, 3.05) is 6.61 Å². The molecule has 136 valence electrons. The van der Waals surface area contributed by atoms with Crippen molar-refractivity contribution >= 4 is 5.78 Å². The van der Waals surface area contributed by atoms with Crippen molar-refractivity contribution < 1.29 is 19.7 Å². The molecule has 26 heavy (non-hydrogen) atoms. The van der Waals surface area contributed by atoms with Gasteiger partial charge in [-0.25, -0.2) is 0 Å². The standard InChI is InChI=1S/C21H23NO4/c1-2-8-16-19(26-14-7-3-6-13-22)12-11-17(21(16)25)20(24)15-9-4-5-10-18(15)23/h4-5,9-12,23,25H,2-3,6-8,14H2,1H3. The number of ether oxygens (including phenoxy) is 1. The Morgan fingerprint density at radius 3 is 2.58 bits per heavy atom. The van der Waals surface area contributed by atoms with Gasteiger partial charge in [0.05, 0.1) is 23.8 Å². The van der Waals surface area contributed by atoms with E-state index in [9.17, 15) is 15.0 Å². The molecular weight excluding hydrogens is 330 g/mol. The highest BCUT2D eigenvalue weighted by Gasteiger charge is 2.21. The van der Waals surface area contributed by atoms with Crippen molar-refractivity contribution in [1.29, 1.82) is 5.26 Å². The third-order valence-electron chi connectivity index (χ3n) is 4.07. The number of hydrogen-bond acceptors (Lipinski definition) is 5. The molecule has 0 aromatic heterocycles. The molecule has 0 unspecified atom stereocenters. The fraction of sp³-hybridized carbons (Fsp3) is 0.333. The summed E-state index contributed by atoms with van der Waals surface area (Å²) in [6.45, 7) is 2.43. The zero-order valence-corrected chi connectivity index (χ0v) is 14.9. The molecule has 0 saturated heterocycles. The molecule has 0 saturated carbocycles. The summed E-state index contributed by atoms with van der Waals surface area (Å²) in [5, 5.41) is 29.1. The summed E-state index contributed by atoms with van der Waals surface area (Å²) >= 11 is 0. The van der Waals surface area contributed by atoms with Gasteiger partial charge >= 0.3 is 0 Å². The molecule has 2 aromatic carbocycles. The van der Waals surface area contributed by atoms with Gasteiger partial charge in [-0.3, -0.25) is 4.79 Å². The Morgan fingerprint density at radius 2 is 1.88 bits per heavy atom. The molecule has 0 aliphatic carbocycles. The number of aromatic hydroxyl groups is 2. The van der Waals surface area contributed by atoms with Gasteiger partial charge in [0.2, 0.25) is 0 Å². The minimum Gasteiger partial charge on any atom is -0.507 e. The quantitative estimate of drug-likeness (QED) is 0.516. The van der Waals surface area contributed by atoms with Crippen molar-refractivity contribution in [2.45, 2.75) is 39.0 Å². The number of benzene rings is 2. The van der Waals surface area contributed by atoms with E-state index in [1.807, 2.05) is 6.92 Å². The highest BCUT2D eigenvalue weighted by atomic mass is 16.5. The smallest absolute Gasteiger partial charge is 0.200 e. The van der Waals surface area contributed by atoms with Crippen LogP contribution in [0.3, 0.4) is 0 Å². The van der Waals surface area contributed by atoms with Crippen LogP contribution in [0.2, 0.25) is 0 Å². The lowest BCUT2D eigenvalue weighted by Crippen LogP contribution is -2.06. The summed E-state index contributed by atoms with van der Waals surface area (Å²) < 4.78 is 5.75. The molecule has 2 N–H and O–H groups in total. The maximum absolute atomic E-state index is 12.7. The SMILES string of the molecule is CCCc1c(OCCCCC#N)ccc(C(=O)c2ccccc2O)c1O. The predicted molar refractivity (Wildman–Crippen MR) is 98.6 cm³/mol. The summed E-state index contributed by atoms with van der Waals surface area (Å²) in [4.78, 5) is 12.7. The minimum absolute atomic E-state index is 0.102. The Labute approximate surface area is 153 Å². The number of rotatable bonds is 9. The summed E-state index contributed by atoms with van der Waals surface area (Å²) in [6.07, 6.45) is 3.35. The zero-order valence-electron chi connectivity index (χ0n) is 14.9. The fourth-order valence-electron chi connectivity index (χ4n) is 2.73. The normalized spacial score (nSPS) is 10.3. The lowest BCUT2D eigenvalue weighted by Gasteiger charge is -2.15. The van der Waals surface area contributed by atoms with Gasteiger partial charge in [0, 0.05) is 12.0 Å². The van der Waals surface area contributed by atoms with Crippen LogP contribution in [0.25, 0.3) is 0 Å². The molecule has 0 fully saturated rings. The molecule has 0 atom stereocenters. The number of nitriles is 1. The molecular formula is C21H23NO4. The number of phenols is 2. The Balaban J connectivity index is 2.27. The van der Waals surface area contributed by atoms with Crippen LogP contribution in [-0.4, -0.2) is 22.6 Å². The first-order valence-corrected chi connectivity index (χ1v) is 8.77. The third-order valence-corrected chi connectivity index (χ3v) is 4.07. The van der Waals surface area contributed by atoms with E-state index >= 15 is 0 Å². The van der Waals surface area contributed by atoms with Crippen LogP contribution in [0.15, 0.2) is 36.4 Å². The van der Waals surface area contributed by atoms with Gasteiger partial charge in [0.25, 0.3) is 0 Å². The molecule has 0 radical (unpaired) electrons. The molecule has 0 amide bonds. The van der Waals surface area contributed by atoms with Crippen LogP contribution in [0.4, 0.5) is 0 Å². The van der Waals surface area contributed by atoms with E-state index in [1.165, 1.54) is 18.2 Å². The minimum atomic E-state index is -0.432. The predicted octanol–water partition coefficient (Wildman–Crippen LogP) is 4.35. The van der Waals surface area contributed by atoms with Crippen molar-refractivity contribution in [3.05, 3.63) is 53.1 Å². The Hall–Kier alpha value is -3.00. The van der Waals surface area contributed by atoms with Crippen LogP contribution in [-0.2, 0) is 6.42 Å². The molecule has 0 aliphatic rings. The maximum atomic E-state index is 12.7. The van der Waals surface area contributed by atoms with E-state index in [0.717, 1.165) is 19.3 Å². The first kappa shape index (κ1) is 19.3. The summed E-state index contributed by atoms with van der Waals surface area (Å²) in [5.41, 5.74) is 0.885. The second-order valence-corrected chi connectivity index (χ2v) is 6.00. The van der Waals surface area contributed by atoms with E-state index < -0.39 is 5.78 Å². The number of carbonyl (C=O) groups excluding carboxylic acids is 1. The summed E-state index contributed by atoms with van der Waals surface area (Å²) in [7, 11) is 0. The number of unbranched alkanes of at least 4 members (excludes halogenated alkanes) is 2. The van der Waals surface area contributed by atoms with Gasteiger partial charge in [0.1, 0.15) is 17.2 Å². The fourth-order valence-corrected chi connectivity index (χ4v) is 2.73. The Morgan fingerprint density at radius 1 is 1.12 bits per heavy atom. The molecule has 0 aliphatic heterocycles. The maximum Gasteiger partial charge on any atom is 0.200 e. The number of nitrogens with zero attached hydrogens (tertiary/aromatic N) is 1. The van der Waals surface area contributed by atoms with E-state index in [4.69, 9.17) is 10.00 Å². The monoisotopic (exact) mass is 353 g/mol. The molecule has 2 aromatic rings. The molecule has 0 heterocycles. The van der Waals surface area contributed by atoms with Gasteiger partial charge in [-0.1, -0.05) is 25.5 Å². The first-order chi connectivity index (χ1) is 12.6. The van der Waals surface area contributed by atoms with Crippen molar-refractivity contribution in [3.63, 3.8) is 0 Å². The highest BCUT2D eigenvalue weighted by Crippen LogP contribution is 2.35. The average Bonchev–Trinajstić information content (AvgIpc) is 2.64. The van der Waals surface area contributed by atoms with Crippen molar-refractivity contribution in [2.24, 2.45) is 0 Å². The molecule has 5 nitrogen and oxygen atoms in total.